The Bertz CT molecular complexity index is 397. The fourth-order valence-electron chi connectivity index (χ4n) is 2.46. The highest BCUT2D eigenvalue weighted by Gasteiger charge is 2.22. The Kier molecular flexibility index (Phi) is 4.96. The van der Waals surface area contributed by atoms with Gasteiger partial charge in [-0.3, -0.25) is 0 Å². The number of rotatable bonds is 4. The Labute approximate surface area is 115 Å². The number of hydrogen-bond acceptors (Lipinski definition) is 5. The van der Waals surface area contributed by atoms with Crippen LogP contribution < -0.4 is 15.4 Å². The summed E-state index contributed by atoms with van der Waals surface area (Å²) in [6, 6.07) is 2.15. The summed E-state index contributed by atoms with van der Waals surface area (Å²) in [4.78, 5) is 11.1. The minimum atomic E-state index is 0.122. The third-order valence-electron chi connectivity index (χ3n) is 3.38. The summed E-state index contributed by atoms with van der Waals surface area (Å²) in [5.41, 5.74) is 5.89. The molecule has 5 nitrogen and oxygen atoms in total. The molecule has 106 valence electrons. The first-order chi connectivity index (χ1) is 9.20. The maximum atomic E-state index is 5.89. The van der Waals surface area contributed by atoms with Crippen molar-refractivity contribution in [1.82, 2.24) is 9.97 Å². The van der Waals surface area contributed by atoms with Crippen LogP contribution in [0.1, 0.15) is 39.5 Å². The van der Waals surface area contributed by atoms with E-state index >= 15 is 0 Å². The van der Waals surface area contributed by atoms with Crippen LogP contribution in [0.3, 0.4) is 0 Å². The summed E-state index contributed by atoms with van der Waals surface area (Å²) in [5, 5.41) is 0. The molecule has 2 heterocycles. The van der Waals surface area contributed by atoms with Crippen molar-refractivity contribution in [1.29, 1.82) is 0 Å². The highest BCUT2D eigenvalue weighted by atomic mass is 16.5. The highest BCUT2D eigenvalue weighted by Crippen LogP contribution is 2.22. The normalized spacial score (nSPS) is 20.4. The number of ether oxygens (including phenoxy) is 1. The summed E-state index contributed by atoms with van der Waals surface area (Å²) < 4.78 is 5.64. The largest absolute Gasteiger partial charge is 0.475 e. The Hall–Kier alpha value is -1.36. The zero-order valence-electron chi connectivity index (χ0n) is 11.9. The van der Waals surface area contributed by atoms with Gasteiger partial charge in [0.15, 0.2) is 0 Å². The third kappa shape index (κ3) is 3.80. The molecule has 0 radical (unpaired) electrons. The number of nitrogens with zero attached hydrogens (tertiary/aromatic N) is 3. The van der Waals surface area contributed by atoms with Crippen LogP contribution in [-0.4, -0.2) is 35.2 Å². The van der Waals surface area contributed by atoms with Gasteiger partial charge in [0.1, 0.15) is 0 Å². The topological polar surface area (TPSA) is 64.3 Å². The van der Waals surface area contributed by atoms with Gasteiger partial charge in [-0.25, -0.2) is 4.98 Å². The SMILES string of the molecule is CC(C)Oc1ccnc(N2CCCCCC2CN)n1. The maximum Gasteiger partial charge on any atom is 0.228 e. The molecule has 1 fully saturated rings. The molecule has 0 saturated carbocycles. The lowest BCUT2D eigenvalue weighted by molar-refractivity contribution is 0.232. The van der Waals surface area contributed by atoms with Crippen molar-refractivity contribution in [3.05, 3.63) is 12.3 Å². The van der Waals surface area contributed by atoms with E-state index in [9.17, 15) is 0 Å². The summed E-state index contributed by atoms with van der Waals surface area (Å²) in [5.74, 6) is 1.38. The van der Waals surface area contributed by atoms with Crippen LogP contribution in [0.15, 0.2) is 12.3 Å². The smallest absolute Gasteiger partial charge is 0.228 e. The third-order valence-corrected chi connectivity index (χ3v) is 3.38. The van der Waals surface area contributed by atoms with Crippen LogP contribution in [0.5, 0.6) is 5.88 Å². The molecule has 5 heteroatoms. The predicted molar refractivity (Wildman–Crippen MR) is 76.5 cm³/mol. The van der Waals surface area contributed by atoms with Crippen molar-refractivity contribution < 1.29 is 4.74 Å². The van der Waals surface area contributed by atoms with Crippen LogP contribution in [0.25, 0.3) is 0 Å². The Balaban J connectivity index is 2.18. The minimum absolute atomic E-state index is 0.122. The average molecular weight is 264 g/mol. The van der Waals surface area contributed by atoms with E-state index in [0.717, 1.165) is 18.9 Å². The van der Waals surface area contributed by atoms with Gasteiger partial charge in [-0.1, -0.05) is 12.8 Å². The second-order valence-corrected chi connectivity index (χ2v) is 5.29. The van der Waals surface area contributed by atoms with Crippen LogP contribution >= 0.6 is 0 Å². The molecule has 0 aliphatic carbocycles. The molecule has 1 aliphatic heterocycles. The van der Waals surface area contributed by atoms with Gasteiger partial charge in [0.05, 0.1) is 6.10 Å². The highest BCUT2D eigenvalue weighted by molar-refractivity contribution is 5.34. The lowest BCUT2D eigenvalue weighted by atomic mass is 10.1. The number of anilines is 1. The molecular formula is C14H24N4O. The zero-order valence-corrected chi connectivity index (χ0v) is 11.9. The van der Waals surface area contributed by atoms with Gasteiger partial charge >= 0.3 is 0 Å². The van der Waals surface area contributed by atoms with E-state index in [1.165, 1.54) is 19.3 Å². The lowest BCUT2D eigenvalue weighted by Gasteiger charge is -2.29. The fraction of sp³-hybridized carbons (Fsp3) is 0.714. The molecule has 0 amide bonds. The van der Waals surface area contributed by atoms with E-state index in [0.29, 0.717) is 18.5 Å². The molecule has 2 rings (SSSR count). The van der Waals surface area contributed by atoms with Crippen molar-refractivity contribution in [3.8, 4) is 5.88 Å². The summed E-state index contributed by atoms with van der Waals surface area (Å²) in [6.07, 6.45) is 6.68. The number of aromatic nitrogens is 2. The molecule has 1 aromatic rings. The predicted octanol–water partition coefficient (Wildman–Crippen LogP) is 1.97. The van der Waals surface area contributed by atoms with Crippen LogP contribution in [-0.2, 0) is 0 Å². The van der Waals surface area contributed by atoms with Crippen molar-refractivity contribution >= 4 is 5.95 Å². The van der Waals surface area contributed by atoms with Gasteiger partial charge in [-0.2, -0.15) is 4.98 Å². The molecule has 1 saturated heterocycles. The lowest BCUT2D eigenvalue weighted by Crippen LogP contribution is -2.41. The second-order valence-electron chi connectivity index (χ2n) is 5.29. The monoisotopic (exact) mass is 264 g/mol. The zero-order chi connectivity index (χ0) is 13.7. The molecule has 0 aromatic carbocycles. The van der Waals surface area contributed by atoms with Crippen LogP contribution in [0.4, 0.5) is 5.95 Å². The van der Waals surface area contributed by atoms with E-state index < -0.39 is 0 Å². The first-order valence-electron chi connectivity index (χ1n) is 7.17. The van der Waals surface area contributed by atoms with Crippen molar-refractivity contribution in [2.45, 2.75) is 51.7 Å². The van der Waals surface area contributed by atoms with E-state index in [-0.39, 0.29) is 6.10 Å². The van der Waals surface area contributed by atoms with Crippen LogP contribution in [0.2, 0.25) is 0 Å². The van der Waals surface area contributed by atoms with Gasteiger partial charge < -0.3 is 15.4 Å². The molecular weight excluding hydrogens is 240 g/mol. The van der Waals surface area contributed by atoms with E-state index in [4.69, 9.17) is 10.5 Å². The van der Waals surface area contributed by atoms with E-state index in [2.05, 4.69) is 14.9 Å². The van der Waals surface area contributed by atoms with Crippen molar-refractivity contribution in [2.24, 2.45) is 5.73 Å². The molecule has 2 N–H and O–H groups in total. The van der Waals surface area contributed by atoms with Gasteiger partial charge in [-0.05, 0) is 26.7 Å². The molecule has 1 unspecified atom stereocenters. The average Bonchev–Trinajstić information content (AvgIpc) is 2.63. The van der Waals surface area contributed by atoms with Gasteiger partial charge in [-0.15, -0.1) is 0 Å². The van der Waals surface area contributed by atoms with Gasteiger partial charge in [0.2, 0.25) is 11.8 Å². The molecule has 1 atom stereocenters. The molecule has 0 bridgehead atoms. The van der Waals surface area contributed by atoms with Gasteiger partial charge in [0, 0.05) is 31.4 Å². The Morgan fingerprint density at radius 2 is 2.26 bits per heavy atom. The quantitative estimate of drug-likeness (QED) is 0.900. The molecule has 1 aliphatic rings. The molecule has 19 heavy (non-hydrogen) atoms. The molecule has 1 aromatic heterocycles. The first kappa shape index (κ1) is 14.1. The second kappa shape index (κ2) is 6.70. The maximum absolute atomic E-state index is 5.89. The number of nitrogens with two attached hydrogens (primary N) is 1. The Morgan fingerprint density at radius 3 is 3.00 bits per heavy atom. The fourth-order valence-corrected chi connectivity index (χ4v) is 2.46. The summed E-state index contributed by atoms with van der Waals surface area (Å²) in [7, 11) is 0. The number of hydrogen-bond donors (Lipinski definition) is 1. The van der Waals surface area contributed by atoms with Crippen molar-refractivity contribution in [3.63, 3.8) is 0 Å². The Morgan fingerprint density at radius 1 is 1.42 bits per heavy atom. The van der Waals surface area contributed by atoms with Crippen molar-refractivity contribution in [2.75, 3.05) is 18.0 Å². The van der Waals surface area contributed by atoms with E-state index in [1.807, 2.05) is 13.8 Å². The summed E-state index contributed by atoms with van der Waals surface area (Å²) in [6.45, 7) is 5.62. The van der Waals surface area contributed by atoms with Gasteiger partial charge in [0.25, 0.3) is 0 Å². The molecule has 0 spiro atoms. The minimum Gasteiger partial charge on any atom is -0.475 e. The first-order valence-corrected chi connectivity index (χ1v) is 7.17. The standard InChI is InChI=1S/C14H24N4O/c1-11(2)19-13-7-8-16-14(17-13)18-9-5-3-4-6-12(18)10-15/h7-8,11-12H,3-6,9-10,15H2,1-2H3. The summed E-state index contributed by atoms with van der Waals surface area (Å²) >= 11 is 0. The van der Waals surface area contributed by atoms with Crippen LogP contribution in [0, 0.1) is 0 Å². The van der Waals surface area contributed by atoms with E-state index in [1.54, 1.807) is 12.3 Å².